The molecule has 1 atom stereocenters. The van der Waals surface area contributed by atoms with Crippen LogP contribution in [0.1, 0.15) is 0 Å². The van der Waals surface area contributed by atoms with Crippen molar-refractivity contribution in [2.24, 2.45) is 0 Å². The SMILES string of the molecule is CP(=O)(Oc1ccccc1)c1ccccc1.O=PO. The summed E-state index contributed by atoms with van der Waals surface area (Å²) in [6.45, 7) is 1.63. The molecule has 6 heteroatoms. The molecule has 2 aromatic carbocycles. The summed E-state index contributed by atoms with van der Waals surface area (Å²) in [5.41, 5.74) is 0. The van der Waals surface area contributed by atoms with Crippen LogP contribution in [0.15, 0.2) is 60.7 Å². The average molecular weight is 296 g/mol. The fourth-order valence-electron chi connectivity index (χ4n) is 1.43. The Kier molecular flexibility index (Phi) is 6.44. The van der Waals surface area contributed by atoms with E-state index in [9.17, 15) is 4.57 Å². The van der Waals surface area contributed by atoms with E-state index in [-0.39, 0.29) is 0 Å². The van der Waals surface area contributed by atoms with Crippen molar-refractivity contribution in [3.63, 3.8) is 0 Å². The van der Waals surface area contributed by atoms with Crippen LogP contribution in [0.4, 0.5) is 0 Å². The van der Waals surface area contributed by atoms with Crippen LogP contribution in [0.3, 0.4) is 0 Å². The number of rotatable bonds is 3. The van der Waals surface area contributed by atoms with Gasteiger partial charge in [0.1, 0.15) is 5.75 Å². The molecule has 0 amide bonds. The van der Waals surface area contributed by atoms with Gasteiger partial charge in [-0.15, -0.1) is 0 Å². The molecule has 19 heavy (non-hydrogen) atoms. The van der Waals surface area contributed by atoms with E-state index in [0.29, 0.717) is 5.75 Å². The lowest BCUT2D eigenvalue weighted by Crippen LogP contribution is -2.07. The molecular weight excluding hydrogens is 282 g/mol. The van der Waals surface area contributed by atoms with Gasteiger partial charge in [0.05, 0.1) is 0 Å². The van der Waals surface area contributed by atoms with Gasteiger partial charge in [-0.2, -0.15) is 0 Å². The fourth-order valence-corrected chi connectivity index (χ4v) is 2.78. The van der Waals surface area contributed by atoms with Gasteiger partial charge in [-0.25, -0.2) is 4.57 Å². The first-order valence-corrected chi connectivity index (χ1v) is 8.28. The minimum Gasteiger partial charge on any atom is -0.440 e. The second-order valence-corrected chi connectivity index (χ2v) is 6.22. The van der Waals surface area contributed by atoms with Gasteiger partial charge >= 0.3 is 8.69 Å². The summed E-state index contributed by atoms with van der Waals surface area (Å²) in [6, 6.07) is 18.5. The summed E-state index contributed by atoms with van der Waals surface area (Å²) < 4.78 is 26.4. The first-order chi connectivity index (χ1) is 9.10. The van der Waals surface area contributed by atoms with E-state index in [1.54, 1.807) is 18.8 Å². The van der Waals surface area contributed by atoms with Crippen LogP contribution >= 0.6 is 16.1 Å². The van der Waals surface area contributed by atoms with Crippen LogP contribution in [0.25, 0.3) is 0 Å². The largest absolute Gasteiger partial charge is 0.440 e. The van der Waals surface area contributed by atoms with Crippen LogP contribution in [0, 0.1) is 0 Å². The Hall–Kier alpha value is -1.47. The number of hydrogen-bond acceptors (Lipinski definition) is 3. The van der Waals surface area contributed by atoms with Gasteiger partial charge in [0.2, 0.25) is 0 Å². The third-order valence-corrected chi connectivity index (χ3v) is 4.04. The second-order valence-electron chi connectivity index (χ2n) is 3.67. The second kappa shape index (κ2) is 7.85. The first-order valence-electron chi connectivity index (χ1n) is 5.44. The summed E-state index contributed by atoms with van der Waals surface area (Å²) >= 11 is 0. The molecule has 0 heterocycles. The molecule has 0 fully saturated rings. The maximum atomic E-state index is 12.4. The van der Waals surface area contributed by atoms with E-state index in [2.05, 4.69) is 0 Å². The lowest BCUT2D eigenvalue weighted by Gasteiger charge is -2.15. The van der Waals surface area contributed by atoms with E-state index >= 15 is 0 Å². The highest BCUT2D eigenvalue weighted by molar-refractivity contribution is 7.66. The molecule has 0 aliphatic rings. The molecule has 2 rings (SSSR count). The zero-order valence-corrected chi connectivity index (χ0v) is 12.1. The Morgan fingerprint density at radius 2 is 1.42 bits per heavy atom. The van der Waals surface area contributed by atoms with Crippen LogP contribution in [-0.2, 0) is 9.13 Å². The lowest BCUT2D eigenvalue weighted by molar-refractivity contribution is 0.498. The van der Waals surface area contributed by atoms with Gasteiger partial charge in [0, 0.05) is 12.0 Å². The monoisotopic (exact) mass is 296 g/mol. The topological polar surface area (TPSA) is 63.6 Å². The van der Waals surface area contributed by atoms with Gasteiger partial charge in [-0.05, 0) is 24.3 Å². The Balaban J connectivity index is 0.000000550. The molecule has 0 aliphatic carbocycles. The van der Waals surface area contributed by atoms with Gasteiger partial charge in [-0.1, -0.05) is 36.4 Å². The lowest BCUT2D eigenvalue weighted by atomic mass is 10.3. The van der Waals surface area contributed by atoms with E-state index in [1.807, 2.05) is 48.5 Å². The zero-order valence-electron chi connectivity index (χ0n) is 10.3. The van der Waals surface area contributed by atoms with Gasteiger partial charge < -0.3 is 9.42 Å². The zero-order chi connectivity index (χ0) is 14.1. The number of benzene rings is 2. The summed E-state index contributed by atoms with van der Waals surface area (Å²) in [7, 11) is -3.60. The minimum atomic E-state index is -2.77. The molecule has 0 saturated carbocycles. The quantitative estimate of drug-likeness (QED) is 0.881. The van der Waals surface area contributed by atoms with Crippen LogP contribution < -0.4 is 9.83 Å². The van der Waals surface area contributed by atoms with Gasteiger partial charge in [0.15, 0.2) is 0 Å². The maximum absolute atomic E-state index is 12.4. The van der Waals surface area contributed by atoms with Crippen molar-refractivity contribution in [3.05, 3.63) is 60.7 Å². The Morgan fingerprint density at radius 3 is 1.89 bits per heavy atom. The fraction of sp³-hybridized carbons (Fsp3) is 0.0769. The molecule has 0 aromatic heterocycles. The predicted molar refractivity (Wildman–Crippen MR) is 76.5 cm³/mol. The molecule has 100 valence electrons. The average Bonchev–Trinajstić information content (AvgIpc) is 2.41. The molecule has 0 radical (unpaired) electrons. The summed E-state index contributed by atoms with van der Waals surface area (Å²) in [5, 5.41) is 0.735. The predicted octanol–water partition coefficient (Wildman–Crippen LogP) is 3.48. The summed E-state index contributed by atoms with van der Waals surface area (Å²) in [6.07, 6.45) is 0. The number of hydrogen-bond donors (Lipinski definition) is 1. The van der Waals surface area contributed by atoms with Crippen LogP contribution in [0.5, 0.6) is 5.75 Å². The Morgan fingerprint density at radius 1 is 1.00 bits per heavy atom. The smallest absolute Gasteiger partial charge is 0.324 e. The van der Waals surface area contributed by atoms with Gasteiger partial charge in [0.25, 0.3) is 7.37 Å². The standard InChI is InChI=1S/C13H13O2P.HO2P/c1-16(14,13-10-6-3-7-11-13)15-12-8-4-2-5-9-12;1-3-2/h2-11H,1H3;(H,1,2). The highest BCUT2D eigenvalue weighted by Gasteiger charge is 2.19. The molecule has 0 spiro atoms. The summed E-state index contributed by atoms with van der Waals surface area (Å²) in [5.74, 6) is 0.636. The highest BCUT2D eigenvalue weighted by Crippen LogP contribution is 2.41. The maximum Gasteiger partial charge on any atom is 0.324 e. The molecule has 2 aromatic rings. The summed E-state index contributed by atoms with van der Waals surface area (Å²) in [4.78, 5) is 6.99. The van der Waals surface area contributed by atoms with E-state index < -0.39 is 16.1 Å². The number of para-hydroxylation sites is 1. The van der Waals surface area contributed by atoms with Crippen molar-refractivity contribution in [2.75, 3.05) is 6.66 Å². The van der Waals surface area contributed by atoms with E-state index in [1.165, 1.54) is 0 Å². The molecule has 0 bridgehead atoms. The van der Waals surface area contributed by atoms with Crippen LogP contribution in [-0.4, -0.2) is 11.6 Å². The molecule has 1 unspecified atom stereocenters. The van der Waals surface area contributed by atoms with Crippen molar-refractivity contribution in [1.29, 1.82) is 0 Å². The van der Waals surface area contributed by atoms with Crippen molar-refractivity contribution in [3.8, 4) is 5.75 Å². The van der Waals surface area contributed by atoms with Crippen molar-refractivity contribution in [2.45, 2.75) is 0 Å². The van der Waals surface area contributed by atoms with E-state index in [4.69, 9.17) is 14.0 Å². The molecule has 1 N–H and O–H groups in total. The normalized spacial score (nSPS) is 12.9. The van der Waals surface area contributed by atoms with Gasteiger partial charge in [-0.3, -0.25) is 4.57 Å². The van der Waals surface area contributed by atoms with Crippen LogP contribution in [0.2, 0.25) is 0 Å². The molecule has 0 saturated heterocycles. The van der Waals surface area contributed by atoms with Crippen molar-refractivity contribution >= 4 is 21.4 Å². The Labute approximate surface area is 113 Å². The minimum absolute atomic E-state index is 0.636. The third-order valence-electron chi connectivity index (χ3n) is 2.25. The first kappa shape index (κ1) is 15.6. The molecule has 0 aliphatic heterocycles. The third kappa shape index (κ3) is 5.35. The molecular formula is C13H14O4P2. The van der Waals surface area contributed by atoms with E-state index in [0.717, 1.165) is 5.30 Å². The van der Waals surface area contributed by atoms with Crippen molar-refractivity contribution in [1.82, 2.24) is 0 Å². The molecule has 4 nitrogen and oxygen atoms in total. The van der Waals surface area contributed by atoms with Crippen molar-refractivity contribution < 1.29 is 18.5 Å². The highest BCUT2D eigenvalue weighted by atomic mass is 31.2. The Bertz CT molecular complexity index is 543.